The summed E-state index contributed by atoms with van der Waals surface area (Å²) in [6.07, 6.45) is 1.48. The van der Waals surface area contributed by atoms with E-state index in [9.17, 15) is 24.0 Å². The average Bonchev–Trinajstić information content (AvgIpc) is 1.87. The summed E-state index contributed by atoms with van der Waals surface area (Å²) in [6, 6.07) is 65.7. The fraction of sp³-hybridized carbons (Fsp3) is 0.149. The number of aliphatic hydroxyl groups is 1. The van der Waals surface area contributed by atoms with E-state index in [-0.39, 0.29) is 62.3 Å². The Morgan fingerprint density at radius 2 is 0.967 bits per heavy atom. The molecule has 0 unspecified atom stereocenters. The molecule has 1 N–H and O–H groups in total. The summed E-state index contributed by atoms with van der Waals surface area (Å²) in [4.78, 5) is 60.6. The second-order valence-corrected chi connectivity index (χ2v) is 24.8. The fourth-order valence-electron chi connectivity index (χ4n) is 9.00. The molecule has 0 amide bonds. The van der Waals surface area contributed by atoms with Crippen LogP contribution in [0.3, 0.4) is 0 Å². The van der Waals surface area contributed by atoms with Gasteiger partial charge in [0.15, 0.2) is 23.4 Å². The molecule has 9 aromatic carbocycles. The van der Waals surface area contributed by atoms with Crippen molar-refractivity contribution < 1.29 is 59.6 Å². The van der Waals surface area contributed by atoms with Crippen LogP contribution in [0.1, 0.15) is 59.0 Å². The Balaban J connectivity index is 0.000000226. The van der Waals surface area contributed by atoms with Gasteiger partial charge in [0.05, 0.1) is 34.2 Å². The number of ether oxygens (including phenoxy) is 2. The van der Waals surface area contributed by atoms with Gasteiger partial charge in [-0.3, -0.25) is 24.0 Å². The predicted octanol–water partition coefficient (Wildman–Crippen LogP) is 15.0. The number of aliphatic hydroxyl groups excluding tert-OH is 1. The van der Waals surface area contributed by atoms with Crippen LogP contribution in [0, 0.1) is 45.1 Å². The fourth-order valence-corrected chi connectivity index (χ4v) is 12.6. The number of nitrogens with zero attached hydrogens (tertiary/aromatic N) is 1. The molecular weight excluding hydrogens is 1300 g/mol. The Morgan fingerprint density at radius 1 is 0.500 bits per heavy atom. The van der Waals surface area contributed by atoms with E-state index in [0.717, 1.165) is 65.2 Å². The maximum absolute atomic E-state index is 11.8. The first-order valence-electron chi connectivity index (χ1n) is 27.9. The number of benzene rings is 9. The van der Waals surface area contributed by atoms with Gasteiger partial charge in [-0.05, 0) is 153 Å². The monoisotopic (exact) mass is 1370 g/mol. The summed E-state index contributed by atoms with van der Waals surface area (Å²) < 4.78 is 19.1. The molecule has 10 nitrogen and oxygen atoms in total. The number of hydrogen-bond acceptors (Lipinski definition) is 13. The van der Waals surface area contributed by atoms with Crippen molar-refractivity contribution in [1.29, 1.82) is 0 Å². The molecule has 0 aliphatic carbocycles. The third kappa shape index (κ3) is 19.2. The van der Waals surface area contributed by atoms with E-state index >= 15 is 0 Å². The van der Waals surface area contributed by atoms with Gasteiger partial charge >= 0.3 is 29.6 Å². The molecule has 4 aromatic heterocycles. The number of methoxy groups -OCH3 is 2. The van der Waals surface area contributed by atoms with Crippen molar-refractivity contribution in [2.45, 2.75) is 48.1 Å². The standard InChI is InChI=1S/C13H10O.C11H10O2S.C11H8O2S.C11H10.C10H5IO2S.C9H13N.C9H12O2.B.Na.H/c1-9-5-4-7-11-10-6-2-3-8-12(10)14-13(9)11;2*1-7-10(6-12)14-9-5-3-2-4-8(9)11(7)13;1-9-6-7-10-4-2-3-5-11(10)8-9;11-9-8(5-12)14-7-4-2-1-3-6(7)10(9)13;1-8-4-6-9(7-5-8)10(2)3;1-7-4-8(10-2)6-9(5-7)11-3;;;/h2-8H,1H3;2-5,12H,6H2,1H3;2-6H,1H3;2-8H,1H3;1-5H;4-7H,1-3H3;4-6H,1-3H3;;;/q;;;;;;;;+1;-1. The molecule has 3 radical (unpaired) electrons. The molecule has 0 saturated carbocycles. The molecule has 90 heavy (non-hydrogen) atoms. The number of carbonyl (C=O) groups is 2. The number of rotatable bonds is 6. The Labute approximate surface area is 575 Å². The van der Waals surface area contributed by atoms with Gasteiger partial charge in [-0.25, -0.2) is 0 Å². The van der Waals surface area contributed by atoms with Crippen LogP contribution in [-0.4, -0.2) is 54.4 Å². The smallest absolute Gasteiger partial charge is 1.00 e. The van der Waals surface area contributed by atoms with Gasteiger partial charge in [0.1, 0.15) is 22.7 Å². The number of fused-ring (bicyclic) bond motifs is 7. The number of halogens is 1. The molecule has 453 valence electrons. The van der Waals surface area contributed by atoms with Gasteiger partial charge in [-0.2, -0.15) is 0 Å². The van der Waals surface area contributed by atoms with Crippen molar-refractivity contribution in [3.05, 3.63) is 282 Å². The average molecular weight is 1370 g/mol. The molecule has 0 aliphatic heterocycles. The van der Waals surface area contributed by atoms with Gasteiger partial charge in [0, 0.05) is 91.3 Å². The summed E-state index contributed by atoms with van der Waals surface area (Å²) in [6.45, 7) is 11.7. The number of aldehydes is 2. The molecule has 13 rings (SSSR count). The van der Waals surface area contributed by atoms with Crippen molar-refractivity contribution in [2.24, 2.45) is 0 Å². The Bertz CT molecular complexity index is 4620. The van der Waals surface area contributed by atoms with Crippen molar-refractivity contribution >= 4 is 146 Å². The quantitative estimate of drug-likeness (QED) is 0.0972. The van der Waals surface area contributed by atoms with Crippen LogP contribution in [0.2, 0.25) is 0 Å². The number of furan rings is 1. The third-order valence-corrected chi connectivity index (χ3v) is 18.9. The number of anilines is 1. The zero-order chi connectivity index (χ0) is 63.4. The van der Waals surface area contributed by atoms with E-state index < -0.39 is 0 Å². The summed E-state index contributed by atoms with van der Waals surface area (Å²) in [5.74, 6) is 1.67. The van der Waals surface area contributed by atoms with Crippen molar-refractivity contribution in [1.82, 2.24) is 0 Å². The first-order valence-corrected chi connectivity index (χ1v) is 31.4. The first-order chi connectivity index (χ1) is 42.4. The van der Waals surface area contributed by atoms with Gasteiger partial charge in [-0.15, -0.1) is 34.0 Å². The maximum Gasteiger partial charge on any atom is 1.00 e. The van der Waals surface area contributed by atoms with Crippen LogP contribution in [0.4, 0.5) is 5.69 Å². The molecule has 0 fully saturated rings. The van der Waals surface area contributed by atoms with E-state index in [1.807, 2.05) is 141 Å². The Morgan fingerprint density at radius 3 is 1.51 bits per heavy atom. The number of hydrogen-bond donors (Lipinski definition) is 1. The van der Waals surface area contributed by atoms with E-state index in [4.69, 9.17) is 19.0 Å². The largest absolute Gasteiger partial charge is 1.00 e. The molecule has 4 heterocycles. The second kappa shape index (κ2) is 35.7. The molecule has 0 saturated heterocycles. The molecule has 13 aromatic rings. The molecule has 0 atom stereocenters. The van der Waals surface area contributed by atoms with Crippen LogP contribution in [-0.2, 0) is 6.61 Å². The summed E-state index contributed by atoms with van der Waals surface area (Å²) in [7, 11) is 7.39. The molecule has 16 heteroatoms. The number of aryl methyl sites for hydroxylation is 4. The maximum atomic E-state index is 11.8. The zero-order valence-corrected chi connectivity index (χ0v) is 58.9. The van der Waals surface area contributed by atoms with Crippen LogP contribution >= 0.6 is 56.6 Å². The molecule has 0 spiro atoms. The van der Waals surface area contributed by atoms with Crippen LogP contribution < -0.4 is 60.2 Å². The minimum absolute atomic E-state index is 0. The zero-order valence-electron chi connectivity index (χ0n) is 53.3. The van der Waals surface area contributed by atoms with E-state index in [2.05, 4.69) is 117 Å². The third-order valence-electron chi connectivity index (χ3n) is 13.9. The molecule has 0 bridgehead atoms. The van der Waals surface area contributed by atoms with Gasteiger partial charge in [0.25, 0.3) is 0 Å². The normalized spacial score (nSPS) is 10.1. The minimum atomic E-state index is -0.0590. The number of para-hydroxylation sites is 2. The van der Waals surface area contributed by atoms with Gasteiger partial charge in [-0.1, -0.05) is 139 Å². The predicted molar refractivity (Wildman–Crippen MR) is 387 cm³/mol. The van der Waals surface area contributed by atoms with Crippen LogP contribution in [0.5, 0.6) is 11.5 Å². The van der Waals surface area contributed by atoms with Crippen molar-refractivity contribution in [3.63, 3.8) is 0 Å². The second-order valence-electron chi connectivity index (χ2n) is 20.4. The number of carbonyl (C=O) groups excluding carboxylic acids is 2. The Kier molecular flexibility index (Phi) is 29.0. The molecule has 0 aliphatic rings. The van der Waals surface area contributed by atoms with Crippen LogP contribution in [0.15, 0.2) is 219 Å². The van der Waals surface area contributed by atoms with Crippen molar-refractivity contribution in [2.75, 3.05) is 33.2 Å². The first kappa shape index (κ1) is 73.2. The molecular formula is C74H69BINNaO9S3. The summed E-state index contributed by atoms with van der Waals surface area (Å²) in [5.41, 5.74) is 9.34. The van der Waals surface area contributed by atoms with Crippen molar-refractivity contribution in [3.8, 4) is 11.5 Å². The summed E-state index contributed by atoms with van der Waals surface area (Å²) >= 11 is 6.11. The van der Waals surface area contributed by atoms with E-state index in [1.165, 1.54) is 77.9 Å². The van der Waals surface area contributed by atoms with Gasteiger partial charge in [0.2, 0.25) is 5.43 Å². The Hall–Kier alpha value is -7.58. The van der Waals surface area contributed by atoms with E-state index in [0.29, 0.717) is 35.2 Å². The van der Waals surface area contributed by atoms with Crippen LogP contribution in [0.25, 0.3) is 63.0 Å². The minimum Gasteiger partial charge on any atom is -1.00 e. The topological polar surface area (TPSA) is 140 Å². The SMILES string of the molecule is COc1cc(C)cc(OC)c1.Cc1c(C=O)sc2ccccc2c1=O.Cc1c(CO)sc2ccccc2c1=O.Cc1ccc(N(C)C)cc1.Cc1ccc2ccccc2c1.Cc1cccc2c1oc1ccccc12.O=Cc1sc2ccccc2c(=O)c1I.[B].[H-].[Na+]. The van der Waals surface area contributed by atoms with E-state index in [1.54, 1.807) is 40.2 Å². The summed E-state index contributed by atoms with van der Waals surface area (Å²) in [5, 5.41) is 16.3. The van der Waals surface area contributed by atoms with Gasteiger partial charge < -0.3 is 25.3 Å².